The van der Waals surface area contributed by atoms with E-state index in [0.717, 1.165) is 18.6 Å². The molecule has 1 aliphatic rings. The second-order valence-corrected chi connectivity index (χ2v) is 5.97. The number of amides is 1. The van der Waals surface area contributed by atoms with E-state index < -0.39 is 5.82 Å². The lowest BCUT2D eigenvalue weighted by Crippen LogP contribution is -2.34. The summed E-state index contributed by atoms with van der Waals surface area (Å²) in [5.41, 5.74) is 6.04. The van der Waals surface area contributed by atoms with Crippen LogP contribution in [0.15, 0.2) is 18.2 Å². The summed E-state index contributed by atoms with van der Waals surface area (Å²) in [5.74, 6) is 0.505. The molecule has 0 spiro atoms. The van der Waals surface area contributed by atoms with E-state index in [1.807, 2.05) is 6.92 Å². The van der Waals surface area contributed by atoms with Crippen LogP contribution in [0.1, 0.15) is 19.8 Å². The maximum Gasteiger partial charge on any atom is 0.240 e. The molecule has 92 valence electrons. The third-order valence-electron chi connectivity index (χ3n) is 2.95. The molecule has 3 N–H and O–H groups in total. The Morgan fingerprint density at radius 2 is 2.35 bits per heavy atom. The highest BCUT2D eigenvalue weighted by molar-refractivity contribution is 8.01. The number of benzene rings is 1. The van der Waals surface area contributed by atoms with Gasteiger partial charge in [0.1, 0.15) is 5.82 Å². The number of thioether (sulfide) groups is 1. The smallest absolute Gasteiger partial charge is 0.240 e. The molecule has 1 saturated heterocycles. The van der Waals surface area contributed by atoms with Crippen LogP contribution >= 0.6 is 11.8 Å². The first kappa shape index (κ1) is 12.2. The van der Waals surface area contributed by atoms with Crippen LogP contribution in [0.5, 0.6) is 0 Å². The fraction of sp³-hybridized carbons (Fsp3) is 0.417. The van der Waals surface area contributed by atoms with E-state index in [2.05, 4.69) is 5.32 Å². The number of hydrogen-bond acceptors (Lipinski definition) is 3. The van der Waals surface area contributed by atoms with Crippen LogP contribution < -0.4 is 11.1 Å². The van der Waals surface area contributed by atoms with Crippen molar-refractivity contribution in [2.24, 2.45) is 0 Å². The van der Waals surface area contributed by atoms with Crippen molar-refractivity contribution in [2.45, 2.75) is 24.5 Å². The molecule has 1 aromatic rings. The lowest BCUT2D eigenvalue weighted by Gasteiger charge is -2.21. The molecule has 3 nitrogen and oxygen atoms in total. The zero-order chi connectivity index (χ0) is 12.5. The van der Waals surface area contributed by atoms with E-state index in [1.54, 1.807) is 11.8 Å². The van der Waals surface area contributed by atoms with Gasteiger partial charge in [0.15, 0.2) is 0 Å². The number of nitrogen functional groups attached to an aromatic ring is 1. The minimum absolute atomic E-state index is 0.0361. The van der Waals surface area contributed by atoms with Gasteiger partial charge in [0.25, 0.3) is 0 Å². The minimum Gasteiger partial charge on any atom is -0.396 e. The highest BCUT2D eigenvalue weighted by Gasteiger charge is 2.37. The number of hydrogen-bond donors (Lipinski definition) is 2. The number of nitrogens with two attached hydrogens (primary N) is 1. The number of rotatable bonds is 2. The molecule has 1 fully saturated rings. The van der Waals surface area contributed by atoms with Crippen LogP contribution in [-0.4, -0.2) is 16.4 Å². The summed E-state index contributed by atoms with van der Waals surface area (Å²) in [6.07, 6.45) is 1.93. The van der Waals surface area contributed by atoms with Crippen molar-refractivity contribution in [3.8, 4) is 0 Å². The maximum absolute atomic E-state index is 13.0. The van der Waals surface area contributed by atoms with Crippen molar-refractivity contribution in [3.05, 3.63) is 24.0 Å². The third-order valence-corrected chi connectivity index (χ3v) is 4.47. The number of nitrogens with one attached hydrogen (secondary N) is 1. The number of halogens is 1. The molecule has 5 heteroatoms. The first-order valence-electron chi connectivity index (χ1n) is 5.52. The largest absolute Gasteiger partial charge is 0.396 e. The molecule has 1 amide bonds. The van der Waals surface area contributed by atoms with E-state index in [1.165, 1.54) is 18.2 Å². The third kappa shape index (κ3) is 2.54. The van der Waals surface area contributed by atoms with E-state index in [4.69, 9.17) is 5.73 Å². The molecular formula is C12H15FN2OS. The first-order chi connectivity index (χ1) is 8.01. The van der Waals surface area contributed by atoms with Crippen molar-refractivity contribution >= 4 is 29.0 Å². The van der Waals surface area contributed by atoms with Gasteiger partial charge in [-0.15, -0.1) is 11.8 Å². The quantitative estimate of drug-likeness (QED) is 0.798. The number of carbonyl (C=O) groups excluding carboxylic acids is 1. The Balaban J connectivity index is 2.10. The summed E-state index contributed by atoms with van der Waals surface area (Å²) in [5, 5.41) is 2.79. The van der Waals surface area contributed by atoms with Gasteiger partial charge in [-0.05, 0) is 43.7 Å². The fourth-order valence-corrected chi connectivity index (χ4v) is 3.05. The van der Waals surface area contributed by atoms with Crippen molar-refractivity contribution in [1.82, 2.24) is 0 Å². The molecule has 2 rings (SSSR count). The summed E-state index contributed by atoms with van der Waals surface area (Å²) in [7, 11) is 0. The van der Waals surface area contributed by atoms with Gasteiger partial charge < -0.3 is 11.1 Å². The minimum atomic E-state index is -0.468. The van der Waals surface area contributed by atoms with Gasteiger partial charge in [0.05, 0.1) is 10.4 Å². The summed E-state index contributed by atoms with van der Waals surface area (Å²) in [4.78, 5) is 12.1. The summed E-state index contributed by atoms with van der Waals surface area (Å²) in [6.45, 7) is 1.94. The number of carbonyl (C=O) groups is 1. The van der Waals surface area contributed by atoms with Crippen LogP contribution in [0.2, 0.25) is 0 Å². The molecule has 1 heterocycles. The molecule has 1 aromatic carbocycles. The molecule has 0 aliphatic carbocycles. The van der Waals surface area contributed by atoms with Gasteiger partial charge in [-0.25, -0.2) is 4.39 Å². The molecule has 17 heavy (non-hydrogen) atoms. The average molecular weight is 254 g/mol. The Hall–Kier alpha value is -1.23. The Morgan fingerprint density at radius 3 is 2.94 bits per heavy atom. The van der Waals surface area contributed by atoms with Crippen LogP contribution in [-0.2, 0) is 4.79 Å². The maximum atomic E-state index is 13.0. The van der Waals surface area contributed by atoms with Crippen LogP contribution in [0, 0.1) is 5.82 Å². The van der Waals surface area contributed by atoms with Crippen molar-refractivity contribution in [2.75, 3.05) is 16.8 Å². The van der Waals surface area contributed by atoms with Gasteiger partial charge in [-0.2, -0.15) is 0 Å². The lowest BCUT2D eigenvalue weighted by molar-refractivity contribution is -0.118. The predicted molar refractivity (Wildman–Crippen MR) is 69.5 cm³/mol. The van der Waals surface area contributed by atoms with Gasteiger partial charge in [0, 0.05) is 5.69 Å². The van der Waals surface area contributed by atoms with E-state index in [9.17, 15) is 9.18 Å². The highest BCUT2D eigenvalue weighted by Crippen LogP contribution is 2.38. The Labute approximate surface area is 104 Å². The Kier molecular flexibility index (Phi) is 3.28. The van der Waals surface area contributed by atoms with Gasteiger partial charge in [0.2, 0.25) is 5.91 Å². The van der Waals surface area contributed by atoms with Gasteiger partial charge in [-0.3, -0.25) is 4.79 Å². The molecule has 0 radical (unpaired) electrons. The normalized spacial score (nSPS) is 23.6. The van der Waals surface area contributed by atoms with Crippen LogP contribution in [0.3, 0.4) is 0 Å². The van der Waals surface area contributed by atoms with Gasteiger partial charge >= 0.3 is 0 Å². The van der Waals surface area contributed by atoms with Gasteiger partial charge in [-0.1, -0.05) is 0 Å². The Morgan fingerprint density at radius 1 is 1.59 bits per heavy atom. The summed E-state index contributed by atoms with van der Waals surface area (Å²) in [6, 6.07) is 4.22. The highest BCUT2D eigenvalue weighted by atomic mass is 32.2. The molecule has 0 saturated carbocycles. The second-order valence-electron chi connectivity index (χ2n) is 4.37. The topological polar surface area (TPSA) is 55.1 Å². The van der Waals surface area contributed by atoms with Crippen LogP contribution in [0.25, 0.3) is 0 Å². The molecule has 1 aliphatic heterocycles. The van der Waals surface area contributed by atoms with Crippen molar-refractivity contribution < 1.29 is 9.18 Å². The fourth-order valence-electron chi connectivity index (χ4n) is 1.84. The molecular weight excluding hydrogens is 239 g/mol. The molecule has 1 atom stereocenters. The molecule has 1 unspecified atom stereocenters. The molecule has 0 aromatic heterocycles. The monoisotopic (exact) mass is 254 g/mol. The Bertz CT molecular complexity index is 444. The predicted octanol–water partition coefficient (Wildman–Crippen LogP) is 2.63. The second kappa shape index (κ2) is 4.56. The lowest BCUT2D eigenvalue weighted by atomic mass is 10.0. The van der Waals surface area contributed by atoms with E-state index in [-0.39, 0.29) is 16.3 Å². The average Bonchev–Trinajstić information content (AvgIpc) is 2.72. The van der Waals surface area contributed by atoms with E-state index in [0.29, 0.717) is 5.69 Å². The summed E-state index contributed by atoms with van der Waals surface area (Å²) >= 11 is 1.66. The zero-order valence-corrected chi connectivity index (χ0v) is 10.4. The molecule has 0 bridgehead atoms. The zero-order valence-electron chi connectivity index (χ0n) is 9.63. The number of anilines is 2. The standard InChI is InChI=1S/C12H15FN2OS/c1-12(5-2-6-17-12)11(16)15-8-3-4-9(13)10(14)7-8/h3-4,7H,2,5-6,14H2,1H3,(H,15,16). The van der Waals surface area contributed by atoms with Crippen molar-refractivity contribution in [1.29, 1.82) is 0 Å². The van der Waals surface area contributed by atoms with E-state index >= 15 is 0 Å². The van der Waals surface area contributed by atoms with Crippen molar-refractivity contribution in [3.63, 3.8) is 0 Å². The SMILES string of the molecule is CC1(C(=O)Nc2ccc(F)c(N)c2)CCCS1. The first-order valence-corrected chi connectivity index (χ1v) is 6.50. The summed E-state index contributed by atoms with van der Waals surface area (Å²) < 4.78 is 12.6. The van der Waals surface area contributed by atoms with Crippen LogP contribution in [0.4, 0.5) is 15.8 Å².